The predicted molar refractivity (Wildman–Crippen MR) is 69.0 cm³/mol. The van der Waals surface area contributed by atoms with E-state index < -0.39 is 0 Å². The number of fused-ring (bicyclic) bond motifs is 1. The van der Waals surface area contributed by atoms with E-state index in [1.807, 2.05) is 6.07 Å². The first kappa shape index (κ1) is 13.8. The quantitative estimate of drug-likeness (QED) is 0.678. The third kappa shape index (κ3) is 3.44. The average molecular weight is 264 g/mol. The molecular weight excluding hydrogens is 244 g/mol. The van der Waals surface area contributed by atoms with Crippen LogP contribution in [0.25, 0.3) is 0 Å². The Morgan fingerprint density at radius 1 is 1.53 bits per heavy atom. The monoisotopic (exact) mass is 264 g/mol. The van der Waals surface area contributed by atoms with Gasteiger partial charge in [0.15, 0.2) is 0 Å². The van der Waals surface area contributed by atoms with Gasteiger partial charge in [0, 0.05) is 19.0 Å². The van der Waals surface area contributed by atoms with Crippen LogP contribution in [-0.4, -0.2) is 48.9 Å². The van der Waals surface area contributed by atoms with Crippen molar-refractivity contribution in [3.05, 3.63) is 0 Å². The minimum atomic E-state index is -0.164. The smallest absolute Gasteiger partial charge is 0.239 e. The third-order valence-electron chi connectivity index (χ3n) is 3.89. The molecule has 6 heteroatoms. The second kappa shape index (κ2) is 6.53. The Bertz CT molecular complexity index is 391. The van der Waals surface area contributed by atoms with Crippen molar-refractivity contribution in [2.24, 2.45) is 5.92 Å². The van der Waals surface area contributed by atoms with Crippen molar-refractivity contribution < 1.29 is 9.59 Å². The summed E-state index contributed by atoms with van der Waals surface area (Å²) in [5.41, 5.74) is 0. The zero-order valence-electron chi connectivity index (χ0n) is 11.0. The summed E-state index contributed by atoms with van der Waals surface area (Å²) in [5, 5.41) is 14.4. The molecule has 0 aromatic rings. The molecular formula is C13H20N4O2. The zero-order chi connectivity index (χ0) is 13.7. The lowest BCUT2D eigenvalue weighted by atomic mass is 9.84. The highest BCUT2D eigenvalue weighted by Crippen LogP contribution is 2.28. The van der Waals surface area contributed by atoms with Crippen molar-refractivity contribution in [3.8, 4) is 6.07 Å². The molecule has 0 radical (unpaired) electrons. The molecule has 6 nitrogen and oxygen atoms in total. The van der Waals surface area contributed by atoms with Crippen molar-refractivity contribution in [1.29, 1.82) is 5.26 Å². The summed E-state index contributed by atoms with van der Waals surface area (Å²) in [6.07, 6.45) is 2.68. The van der Waals surface area contributed by atoms with Gasteiger partial charge in [-0.15, -0.1) is 0 Å². The zero-order valence-corrected chi connectivity index (χ0v) is 11.0. The van der Waals surface area contributed by atoms with Gasteiger partial charge in [-0.1, -0.05) is 0 Å². The molecule has 2 aliphatic rings. The maximum Gasteiger partial charge on any atom is 0.239 e. The Kier molecular flexibility index (Phi) is 4.74. The number of rotatable bonds is 4. The number of carbonyl (C=O) groups is 2. The standard InChI is InChI=1S/C13H20N4O2/c14-5-1-6-16-12(18)9-17-11-4-7-15-8-10(11)2-3-13(17)19/h10-11,15H,1-4,6-9H2,(H,16,18). The minimum absolute atomic E-state index is 0.0820. The van der Waals surface area contributed by atoms with Crippen LogP contribution in [0.4, 0.5) is 0 Å². The van der Waals surface area contributed by atoms with Crippen LogP contribution < -0.4 is 10.6 Å². The van der Waals surface area contributed by atoms with Crippen molar-refractivity contribution in [2.45, 2.75) is 31.7 Å². The SMILES string of the molecule is N#CCCNC(=O)CN1C(=O)CCC2CNCCC21. The molecule has 2 N–H and O–H groups in total. The van der Waals surface area contributed by atoms with Gasteiger partial charge in [-0.25, -0.2) is 0 Å². The minimum Gasteiger partial charge on any atom is -0.354 e. The number of piperidine rings is 2. The molecule has 104 valence electrons. The van der Waals surface area contributed by atoms with Crippen LogP contribution in [0.2, 0.25) is 0 Å². The van der Waals surface area contributed by atoms with Crippen molar-refractivity contribution in [2.75, 3.05) is 26.2 Å². The molecule has 2 atom stereocenters. The molecule has 2 aliphatic heterocycles. The van der Waals surface area contributed by atoms with E-state index in [-0.39, 0.29) is 24.4 Å². The highest BCUT2D eigenvalue weighted by molar-refractivity contribution is 5.85. The van der Waals surface area contributed by atoms with Gasteiger partial charge in [0.2, 0.25) is 11.8 Å². The molecule has 2 amide bonds. The topological polar surface area (TPSA) is 85.2 Å². The van der Waals surface area contributed by atoms with Gasteiger partial charge in [-0.3, -0.25) is 9.59 Å². The normalized spacial score (nSPS) is 26.5. The molecule has 2 saturated heterocycles. The van der Waals surface area contributed by atoms with E-state index in [0.717, 1.165) is 25.9 Å². The maximum absolute atomic E-state index is 12.0. The Labute approximate surface area is 113 Å². The van der Waals surface area contributed by atoms with E-state index in [1.54, 1.807) is 4.90 Å². The van der Waals surface area contributed by atoms with E-state index in [9.17, 15) is 9.59 Å². The average Bonchev–Trinajstić information content (AvgIpc) is 2.42. The molecule has 2 unspecified atom stereocenters. The van der Waals surface area contributed by atoms with Crippen molar-refractivity contribution in [1.82, 2.24) is 15.5 Å². The van der Waals surface area contributed by atoms with E-state index in [2.05, 4.69) is 10.6 Å². The summed E-state index contributed by atoms with van der Waals surface area (Å²) in [6, 6.07) is 2.18. The first-order valence-electron chi connectivity index (χ1n) is 6.86. The molecule has 2 fully saturated rings. The number of nitrogens with zero attached hydrogens (tertiary/aromatic N) is 2. The summed E-state index contributed by atoms with van der Waals surface area (Å²) in [7, 11) is 0. The Hall–Kier alpha value is -1.61. The van der Waals surface area contributed by atoms with E-state index in [4.69, 9.17) is 5.26 Å². The summed E-state index contributed by atoms with van der Waals surface area (Å²) < 4.78 is 0. The Balaban J connectivity index is 1.90. The largest absolute Gasteiger partial charge is 0.354 e. The lowest BCUT2D eigenvalue weighted by Crippen LogP contribution is -2.57. The van der Waals surface area contributed by atoms with Gasteiger partial charge < -0.3 is 15.5 Å². The van der Waals surface area contributed by atoms with Gasteiger partial charge in [0.1, 0.15) is 0 Å². The Morgan fingerprint density at radius 2 is 2.37 bits per heavy atom. The number of amides is 2. The second-order valence-corrected chi connectivity index (χ2v) is 5.14. The number of hydrogen-bond donors (Lipinski definition) is 2. The first-order chi connectivity index (χ1) is 9.22. The number of likely N-dealkylation sites (tertiary alicyclic amines) is 1. The number of nitrogens with one attached hydrogen (secondary N) is 2. The molecule has 0 bridgehead atoms. The van der Waals surface area contributed by atoms with E-state index >= 15 is 0 Å². The first-order valence-corrected chi connectivity index (χ1v) is 6.86. The van der Waals surface area contributed by atoms with Gasteiger partial charge in [0.05, 0.1) is 19.0 Å². The molecule has 2 rings (SSSR count). The highest BCUT2D eigenvalue weighted by atomic mass is 16.2. The van der Waals surface area contributed by atoms with Crippen molar-refractivity contribution in [3.63, 3.8) is 0 Å². The molecule has 0 aromatic heterocycles. The van der Waals surface area contributed by atoms with Crippen LogP contribution in [0.5, 0.6) is 0 Å². The molecule has 0 saturated carbocycles. The van der Waals surface area contributed by atoms with Crippen LogP contribution in [0, 0.1) is 17.2 Å². The highest BCUT2D eigenvalue weighted by Gasteiger charge is 2.37. The van der Waals surface area contributed by atoms with Gasteiger partial charge in [0.25, 0.3) is 0 Å². The lowest BCUT2D eigenvalue weighted by Gasteiger charge is -2.43. The summed E-state index contributed by atoms with van der Waals surface area (Å²) in [5.74, 6) is 0.389. The maximum atomic E-state index is 12.0. The molecule has 0 aromatic carbocycles. The van der Waals surface area contributed by atoms with Gasteiger partial charge in [-0.05, 0) is 31.8 Å². The number of nitriles is 1. The van der Waals surface area contributed by atoms with Gasteiger partial charge in [-0.2, -0.15) is 5.26 Å². The lowest BCUT2D eigenvalue weighted by molar-refractivity contribution is -0.143. The van der Waals surface area contributed by atoms with Gasteiger partial charge >= 0.3 is 0 Å². The second-order valence-electron chi connectivity index (χ2n) is 5.14. The van der Waals surface area contributed by atoms with Crippen LogP contribution in [-0.2, 0) is 9.59 Å². The van der Waals surface area contributed by atoms with E-state index in [1.165, 1.54) is 0 Å². The molecule has 2 heterocycles. The molecule has 19 heavy (non-hydrogen) atoms. The van der Waals surface area contributed by atoms with Crippen LogP contribution in [0.3, 0.4) is 0 Å². The molecule has 0 aliphatic carbocycles. The fourth-order valence-corrected chi connectivity index (χ4v) is 2.93. The molecule has 0 spiro atoms. The van der Waals surface area contributed by atoms with Crippen LogP contribution in [0.15, 0.2) is 0 Å². The summed E-state index contributed by atoms with van der Waals surface area (Å²) >= 11 is 0. The predicted octanol–water partition coefficient (Wildman–Crippen LogP) is -0.383. The third-order valence-corrected chi connectivity index (χ3v) is 3.89. The summed E-state index contributed by atoms with van der Waals surface area (Å²) in [6.45, 7) is 2.32. The van der Waals surface area contributed by atoms with Crippen LogP contribution in [0.1, 0.15) is 25.7 Å². The summed E-state index contributed by atoms with van der Waals surface area (Å²) in [4.78, 5) is 25.5. The van der Waals surface area contributed by atoms with Crippen LogP contribution >= 0.6 is 0 Å². The van der Waals surface area contributed by atoms with Crippen molar-refractivity contribution >= 4 is 11.8 Å². The number of hydrogen-bond acceptors (Lipinski definition) is 4. The fraction of sp³-hybridized carbons (Fsp3) is 0.769. The Morgan fingerprint density at radius 3 is 3.16 bits per heavy atom. The van der Waals surface area contributed by atoms with E-state index in [0.29, 0.717) is 25.3 Å². The number of carbonyl (C=O) groups excluding carboxylic acids is 2. The fourth-order valence-electron chi connectivity index (χ4n) is 2.93.